The lowest BCUT2D eigenvalue weighted by Crippen LogP contribution is -2.54. The normalized spacial score (nSPS) is 26.2. The van der Waals surface area contributed by atoms with Crippen LogP contribution < -0.4 is 15.7 Å². The number of fused-ring (bicyclic) bond motifs is 1. The molecule has 1 amide bonds. The number of carboxylic acids is 1. The van der Waals surface area contributed by atoms with Crippen LogP contribution in [0.5, 0.6) is 5.75 Å². The summed E-state index contributed by atoms with van der Waals surface area (Å²) >= 11 is 0. The Labute approximate surface area is 140 Å². The van der Waals surface area contributed by atoms with E-state index in [0.29, 0.717) is 12.0 Å². The summed E-state index contributed by atoms with van der Waals surface area (Å²) in [5.74, 6) is -1.73. The molecule has 1 aromatic carbocycles. The highest BCUT2D eigenvalue weighted by Crippen LogP contribution is 2.30. The largest absolute Gasteiger partial charge is 0.547 e. The standard InChI is InChI=1S/C16H21BN2O5/c18-11-6-4-9(5-7-11)15(20)19-13-8-10-2-1-3-12(16(21)22)14(10)24-17(13)23/h1-3,9,11,13,23H,4-8,18H2,(H,19,20)(H,21,22)/t9?,11?,13-/m0/s1. The number of carbonyl (C=O) groups excluding carboxylic acids is 1. The highest BCUT2D eigenvalue weighted by atomic mass is 16.5. The minimum absolute atomic E-state index is 0.0117. The van der Waals surface area contributed by atoms with Gasteiger partial charge in [-0.2, -0.15) is 0 Å². The molecule has 0 bridgehead atoms. The number of benzene rings is 1. The second-order valence-corrected chi connectivity index (χ2v) is 6.54. The zero-order valence-electron chi connectivity index (χ0n) is 13.3. The third kappa shape index (κ3) is 3.39. The van der Waals surface area contributed by atoms with Gasteiger partial charge in [0, 0.05) is 12.0 Å². The van der Waals surface area contributed by atoms with E-state index in [1.54, 1.807) is 12.1 Å². The van der Waals surface area contributed by atoms with E-state index < -0.39 is 19.0 Å². The highest BCUT2D eigenvalue weighted by molar-refractivity contribution is 6.47. The van der Waals surface area contributed by atoms with Gasteiger partial charge in [-0.25, -0.2) is 4.79 Å². The van der Waals surface area contributed by atoms with Crippen LogP contribution in [0.3, 0.4) is 0 Å². The fraction of sp³-hybridized carbons (Fsp3) is 0.500. The third-order valence-corrected chi connectivity index (χ3v) is 4.82. The van der Waals surface area contributed by atoms with Crippen molar-refractivity contribution in [2.24, 2.45) is 11.7 Å². The molecule has 1 aromatic rings. The van der Waals surface area contributed by atoms with E-state index >= 15 is 0 Å². The minimum atomic E-state index is -1.27. The number of para-hydroxylation sites is 1. The first-order valence-corrected chi connectivity index (χ1v) is 8.21. The first-order chi connectivity index (χ1) is 11.5. The topological polar surface area (TPSA) is 122 Å². The lowest BCUT2D eigenvalue weighted by molar-refractivity contribution is -0.126. The van der Waals surface area contributed by atoms with Gasteiger partial charge in [0.25, 0.3) is 0 Å². The SMILES string of the molecule is NC1CCC(C(=O)N[C@H]2Cc3cccc(C(=O)O)c3OB2O)CC1. The molecule has 0 radical (unpaired) electrons. The molecule has 1 heterocycles. The maximum Gasteiger partial charge on any atom is 0.547 e. The maximum absolute atomic E-state index is 12.4. The van der Waals surface area contributed by atoms with Crippen LogP contribution in [0, 0.1) is 5.92 Å². The Morgan fingerprint density at radius 1 is 1.25 bits per heavy atom. The number of nitrogens with two attached hydrogens (primary N) is 1. The van der Waals surface area contributed by atoms with Gasteiger partial charge < -0.3 is 25.8 Å². The number of hydrogen-bond donors (Lipinski definition) is 4. The van der Waals surface area contributed by atoms with Crippen LogP contribution in [0.4, 0.5) is 0 Å². The molecule has 3 rings (SSSR count). The molecule has 1 fully saturated rings. The summed E-state index contributed by atoms with van der Waals surface area (Å²) in [6.07, 6.45) is 3.47. The number of rotatable bonds is 3. The number of aromatic carboxylic acids is 1. The van der Waals surface area contributed by atoms with Crippen LogP contribution in [0.15, 0.2) is 18.2 Å². The van der Waals surface area contributed by atoms with Crippen molar-refractivity contribution in [2.75, 3.05) is 0 Å². The Balaban J connectivity index is 1.69. The molecule has 1 aliphatic heterocycles. The molecule has 0 spiro atoms. The van der Waals surface area contributed by atoms with E-state index in [-0.39, 0.29) is 29.2 Å². The van der Waals surface area contributed by atoms with Crippen LogP contribution in [-0.4, -0.2) is 41.1 Å². The molecule has 1 aliphatic carbocycles. The van der Waals surface area contributed by atoms with Gasteiger partial charge in [-0.3, -0.25) is 4.79 Å². The van der Waals surface area contributed by atoms with E-state index in [2.05, 4.69) is 5.32 Å². The summed E-state index contributed by atoms with van der Waals surface area (Å²) in [4.78, 5) is 23.6. The molecule has 1 atom stereocenters. The molecule has 0 unspecified atom stereocenters. The molecule has 0 aromatic heterocycles. The fourth-order valence-corrected chi connectivity index (χ4v) is 3.40. The van der Waals surface area contributed by atoms with Gasteiger partial charge in [0.15, 0.2) is 0 Å². The lowest BCUT2D eigenvalue weighted by atomic mass is 9.71. The number of carboxylic acid groups (broad SMARTS) is 1. The number of hydrogen-bond acceptors (Lipinski definition) is 5. The summed E-state index contributed by atoms with van der Waals surface area (Å²) in [5.41, 5.74) is 6.53. The molecule has 0 saturated heterocycles. The summed E-state index contributed by atoms with van der Waals surface area (Å²) < 4.78 is 5.38. The highest BCUT2D eigenvalue weighted by Gasteiger charge is 2.38. The molecule has 5 N–H and O–H groups in total. The Morgan fingerprint density at radius 2 is 1.96 bits per heavy atom. The Morgan fingerprint density at radius 3 is 2.62 bits per heavy atom. The lowest BCUT2D eigenvalue weighted by Gasteiger charge is -2.31. The second kappa shape index (κ2) is 6.82. The number of nitrogens with one attached hydrogen (secondary N) is 1. The molecular formula is C16H21BN2O5. The quantitative estimate of drug-likeness (QED) is 0.592. The predicted molar refractivity (Wildman–Crippen MR) is 87.6 cm³/mol. The second-order valence-electron chi connectivity index (χ2n) is 6.54. The first kappa shape index (κ1) is 16.8. The van der Waals surface area contributed by atoms with Gasteiger partial charge >= 0.3 is 13.1 Å². The van der Waals surface area contributed by atoms with Gasteiger partial charge in [-0.1, -0.05) is 12.1 Å². The van der Waals surface area contributed by atoms with Crippen LogP contribution in [-0.2, 0) is 11.2 Å². The van der Waals surface area contributed by atoms with Crippen molar-refractivity contribution in [3.05, 3.63) is 29.3 Å². The number of carbonyl (C=O) groups is 2. The average molecular weight is 332 g/mol. The molecule has 128 valence electrons. The van der Waals surface area contributed by atoms with Crippen LogP contribution in [0.2, 0.25) is 0 Å². The maximum atomic E-state index is 12.4. The Kier molecular flexibility index (Phi) is 4.77. The molecule has 1 saturated carbocycles. The monoisotopic (exact) mass is 332 g/mol. The van der Waals surface area contributed by atoms with Gasteiger partial charge in [-0.05, 0) is 43.7 Å². The van der Waals surface area contributed by atoms with Gasteiger partial charge in [0.05, 0.1) is 11.5 Å². The van der Waals surface area contributed by atoms with Crippen LogP contribution >= 0.6 is 0 Å². The minimum Gasteiger partial charge on any atom is -0.534 e. The van der Waals surface area contributed by atoms with E-state index in [4.69, 9.17) is 10.4 Å². The van der Waals surface area contributed by atoms with Crippen molar-refractivity contribution >= 4 is 19.0 Å². The van der Waals surface area contributed by atoms with E-state index in [9.17, 15) is 19.7 Å². The summed E-state index contributed by atoms with van der Waals surface area (Å²) in [7, 11) is -1.27. The molecule has 8 heteroatoms. The van der Waals surface area contributed by atoms with Crippen LogP contribution in [0.25, 0.3) is 0 Å². The zero-order chi connectivity index (χ0) is 17.3. The first-order valence-electron chi connectivity index (χ1n) is 8.21. The summed E-state index contributed by atoms with van der Waals surface area (Å²) in [5, 5.41) is 22.2. The third-order valence-electron chi connectivity index (χ3n) is 4.82. The molecular weight excluding hydrogens is 311 g/mol. The molecule has 7 nitrogen and oxygen atoms in total. The molecule has 24 heavy (non-hydrogen) atoms. The van der Waals surface area contributed by atoms with E-state index in [0.717, 1.165) is 25.7 Å². The number of amides is 1. The van der Waals surface area contributed by atoms with Crippen LogP contribution in [0.1, 0.15) is 41.6 Å². The molecule has 2 aliphatic rings. The zero-order valence-corrected chi connectivity index (χ0v) is 13.3. The predicted octanol–water partition coefficient (Wildman–Crippen LogP) is 0.342. The van der Waals surface area contributed by atoms with Crippen molar-refractivity contribution in [1.29, 1.82) is 0 Å². The van der Waals surface area contributed by atoms with Gasteiger partial charge in [0.1, 0.15) is 5.75 Å². The Bertz CT molecular complexity index is 645. The smallest absolute Gasteiger partial charge is 0.534 e. The van der Waals surface area contributed by atoms with Crippen molar-refractivity contribution in [3.8, 4) is 5.75 Å². The van der Waals surface area contributed by atoms with Crippen molar-refractivity contribution in [1.82, 2.24) is 5.32 Å². The van der Waals surface area contributed by atoms with E-state index in [1.165, 1.54) is 6.07 Å². The average Bonchev–Trinajstić information content (AvgIpc) is 2.55. The van der Waals surface area contributed by atoms with Crippen molar-refractivity contribution in [3.63, 3.8) is 0 Å². The fourth-order valence-electron chi connectivity index (χ4n) is 3.40. The van der Waals surface area contributed by atoms with Crippen molar-refractivity contribution < 1.29 is 24.4 Å². The summed E-state index contributed by atoms with van der Waals surface area (Å²) in [6, 6.07) is 4.97. The van der Waals surface area contributed by atoms with Crippen molar-refractivity contribution in [2.45, 2.75) is 44.1 Å². The van der Waals surface area contributed by atoms with Gasteiger partial charge in [-0.15, -0.1) is 0 Å². The van der Waals surface area contributed by atoms with E-state index in [1.807, 2.05) is 0 Å². The summed E-state index contributed by atoms with van der Waals surface area (Å²) in [6.45, 7) is 0. The van der Waals surface area contributed by atoms with Gasteiger partial charge in [0.2, 0.25) is 5.91 Å². The Hall–Kier alpha value is -2.06.